The molecule has 0 spiro atoms. The Kier molecular flexibility index (Phi) is 24.4. The molecule has 0 aromatic heterocycles. The topological polar surface area (TPSA) is 481 Å². The van der Waals surface area contributed by atoms with Gasteiger partial charge >= 0.3 is 51.4 Å². The van der Waals surface area contributed by atoms with Crippen molar-refractivity contribution < 1.29 is 205 Å². The number of rotatable bonds is 17. The van der Waals surface area contributed by atoms with E-state index in [-0.39, 0.29) is 58.8 Å². The monoisotopic (exact) mass is 1060 g/mol. The van der Waals surface area contributed by atoms with Gasteiger partial charge in [0.05, 0.1) is 32.5 Å². The van der Waals surface area contributed by atoms with Crippen molar-refractivity contribution in [2.45, 2.75) is 199 Å². The minimum Gasteiger partial charge on any atom is -0.630 e. The fraction of sp³-hybridized carbons (Fsp3) is 0.974. The molecule has 0 aromatic rings. The van der Waals surface area contributed by atoms with Crippen molar-refractivity contribution in [1.29, 1.82) is 0 Å². The van der Waals surface area contributed by atoms with Crippen molar-refractivity contribution in [2.24, 2.45) is 0 Å². The predicted molar refractivity (Wildman–Crippen MR) is 209 cm³/mol. The van der Waals surface area contributed by atoms with Crippen molar-refractivity contribution in [3.05, 3.63) is 0 Å². The van der Waals surface area contributed by atoms with E-state index in [1.165, 1.54) is 6.92 Å². The van der Waals surface area contributed by atoms with Gasteiger partial charge in [0, 0.05) is 7.11 Å². The molecule has 0 bridgehead atoms. The van der Waals surface area contributed by atoms with Crippen LogP contribution in [0, 0.1) is 0 Å². The van der Waals surface area contributed by atoms with Crippen LogP contribution in [0.5, 0.6) is 0 Å². The van der Waals surface area contributed by atoms with Crippen LogP contribution in [0.1, 0.15) is 14.4 Å². The third kappa shape index (κ3) is 13.4. The second-order valence-electron chi connectivity index (χ2n) is 16.9. The summed E-state index contributed by atoms with van der Waals surface area (Å²) in [5.41, 5.74) is 0. The fourth-order valence-electron chi connectivity index (χ4n) is 8.35. The summed E-state index contributed by atoms with van der Waals surface area (Å²) >= 11 is 0. The summed E-state index contributed by atoms with van der Waals surface area (Å²) < 4.78 is 70.6. The molecule has 6 saturated heterocycles. The van der Waals surface area contributed by atoms with E-state index in [9.17, 15) is 91.6 Å². The van der Waals surface area contributed by atoms with E-state index < -0.39 is 211 Å². The van der Waals surface area contributed by atoms with Gasteiger partial charge in [-0.25, -0.2) is 0 Å². The number of aliphatic hydroxyl groups is 17. The summed E-state index contributed by atoms with van der Waals surface area (Å²) in [4.78, 5) is 10.7. The third-order valence-corrected chi connectivity index (χ3v) is 12.4. The second kappa shape index (κ2) is 27.3. The zero-order valence-corrected chi connectivity index (χ0v) is 40.1. The van der Waals surface area contributed by atoms with Crippen LogP contribution in [-0.4, -0.2) is 311 Å². The van der Waals surface area contributed by atoms with E-state index >= 15 is 0 Å². The van der Waals surface area contributed by atoms with Gasteiger partial charge < -0.3 is 153 Å². The summed E-state index contributed by atoms with van der Waals surface area (Å²) in [5, 5.41) is 179. The SMILES string of the molecule is C.CO[C@@H]1OC(CO[C@H]2OC(CO[C@@H]3OC(CO)[C@@H](O)[C@H](O)C3O)[C@@H](O)C(O)[C@@H]2O)[C@@H](O)[C@H](O[C@@H]2OC(C)[C@H](O[C@@H]3OC(CO)[C@@H](O[C@@H]4O[C@@H](O[C-]=O)[C@@H](O)C(O)C4O)[C@H](O)C3O)[C@H](O)C2O)C1O.[K+]. The molecule has 6 aliphatic heterocycles. The van der Waals surface area contributed by atoms with E-state index in [2.05, 4.69) is 4.74 Å². The maximum absolute atomic E-state index is 11.4. The molecule has 0 aliphatic carbocycles. The molecule has 12 unspecified atom stereocenters. The minimum atomic E-state index is -2.07. The third-order valence-electron chi connectivity index (χ3n) is 12.4. The van der Waals surface area contributed by atoms with Crippen LogP contribution in [0.2, 0.25) is 0 Å². The standard InChI is InChI=1S/C37H61O31.CH4.K/c1-8-28(65-36-26(54)20(48)29(10(4-39)62-36)66-37-24(52)18(46)23(51)34(68-37)59-7-40)19(47)25(53)35(60-8)67-30-15(43)12(63-31(56-2)27(30)55)6-58-33-22(50)17(45)14(42)11(64-33)5-57-32-21(49)16(44)13(41)9(3-38)61-32;;/h8-39,41-55H,3-6H2,1-2H3;1H4;/q-1;;+1/t8?,9?,10?,11?,12?,13-,14-,15-,16+,17?,18?,19-,20-,21?,22+,23+,24?,25?,26?,27?,28+,29-,30+,31-,32-,33+,34-,35+,36+,37-;;/m1../s1. The molecule has 31 nitrogen and oxygen atoms in total. The van der Waals surface area contributed by atoms with Crippen LogP contribution in [0.25, 0.3) is 0 Å². The van der Waals surface area contributed by atoms with Gasteiger partial charge in [-0.3, -0.25) is 0 Å². The molecule has 17 N–H and O–H groups in total. The molecule has 6 heterocycles. The Bertz CT molecular complexity index is 1560. The van der Waals surface area contributed by atoms with Crippen molar-refractivity contribution in [1.82, 2.24) is 0 Å². The largest absolute Gasteiger partial charge is 1.00 e. The van der Waals surface area contributed by atoms with E-state index in [1.54, 1.807) is 0 Å². The summed E-state index contributed by atoms with van der Waals surface area (Å²) in [5.74, 6) is 0. The molecule has 6 fully saturated rings. The first-order valence-electron chi connectivity index (χ1n) is 21.3. The molecule has 0 aromatic carbocycles. The summed E-state index contributed by atoms with van der Waals surface area (Å²) in [6, 6.07) is 0. The first kappa shape index (κ1) is 62.5. The Hall–Kier alpha value is -0.0536. The van der Waals surface area contributed by atoms with Crippen LogP contribution in [0.4, 0.5) is 0 Å². The molecule has 0 saturated carbocycles. The van der Waals surface area contributed by atoms with Gasteiger partial charge in [-0.1, -0.05) is 13.9 Å². The minimum absolute atomic E-state index is 0. The molecule has 6 rings (SSSR count). The van der Waals surface area contributed by atoms with Gasteiger partial charge in [-0.15, -0.1) is 0 Å². The maximum Gasteiger partial charge on any atom is 1.00 e. The van der Waals surface area contributed by atoms with E-state index in [0.29, 0.717) is 0 Å². The predicted octanol–water partition coefficient (Wildman–Crippen LogP) is -14.7. The van der Waals surface area contributed by atoms with E-state index in [4.69, 9.17) is 56.8 Å². The first-order valence-corrected chi connectivity index (χ1v) is 21.3. The van der Waals surface area contributed by atoms with E-state index in [1.807, 2.05) is 0 Å². The van der Waals surface area contributed by atoms with Crippen molar-refractivity contribution >= 4 is 6.47 Å². The van der Waals surface area contributed by atoms with Gasteiger partial charge in [0.1, 0.15) is 134 Å². The van der Waals surface area contributed by atoms with Gasteiger partial charge in [-0.2, -0.15) is 0 Å². The Morgan fingerprint density at radius 2 is 0.786 bits per heavy atom. The molecule has 404 valence electrons. The summed E-state index contributed by atoms with van der Waals surface area (Å²) in [6.45, 7) is -0.810. The van der Waals surface area contributed by atoms with Crippen molar-refractivity contribution in [3.63, 3.8) is 0 Å². The molecular weight excluding hydrogens is 991 g/mol. The zero-order valence-electron chi connectivity index (χ0n) is 37.0. The quantitative estimate of drug-likeness (QED) is 0.0475. The molecule has 70 heavy (non-hydrogen) atoms. The second-order valence-corrected chi connectivity index (χ2v) is 16.9. The Balaban J connectivity index is 0.00000533. The number of methoxy groups -OCH3 is 1. The average Bonchev–Trinajstić information content (AvgIpc) is 3.32. The number of hydrogen-bond acceptors (Lipinski definition) is 31. The Morgan fingerprint density at radius 3 is 1.33 bits per heavy atom. The van der Waals surface area contributed by atoms with Crippen LogP contribution in [0.15, 0.2) is 0 Å². The molecule has 0 amide bonds. The normalized spacial score (nSPS) is 51.1. The summed E-state index contributed by atoms with van der Waals surface area (Å²) in [6.07, 6.45) is -53.8. The number of carbonyl (C=O) groups excluding carboxylic acids is 1. The number of hydrogen-bond donors (Lipinski definition) is 17. The average molecular weight is 1060 g/mol. The summed E-state index contributed by atoms with van der Waals surface area (Å²) in [7, 11) is 1.11. The Morgan fingerprint density at radius 1 is 0.400 bits per heavy atom. The van der Waals surface area contributed by atoms with E-state index in [0.717, 1.165) is 13.6 Å². The number of aliphatic hydroxyl groups excluding tert-OH is 17. The fourth-order valence-corrected chi connectivity index (χ4v) is 8.35. The van der Waals surface area contributed by atoms with Crippen molar-refractivity contribution in [3.8, 4) is 0 Å². The van der Waals surface area contributed by atoms with Crippen LogP contribution in [0.3, 0.4) is 0 Å². The zero-order chi connectivity index (χ0) is 50.0. The van der Waals surface area contributed by atoms with Crippen LogP contribution in [-0.2, 0) is 66.4 Å². The smallest absolute Gasteiger partial charge is 0.630 e. The van der Waals surface area contributed by atoms with Crippen LogP contribution >= 0.6 is 0 Å². The van der Waals surface area contributed by atoms with Gasteiger partial charge in [0.25, 0.3) is 0 Å². The molecular formula is C38H65KO31. The first-order chi connectivity index (χ1) is 32.2. The van der Waals surface area contributed by atoms with Crippen molar-refractivity contribution in [2.75, 3.05) is 33.5 Å². The number of ether oxygens (including phenoxy) is 13. The Labute approximate surface area is 440 Å². The van der Waals surface area contributed by atoms with Crippen LogP contribution < -0.4 is 51.4 Å². The molecule has 30 atom stereocenters. The molecule has 0 radical (unpaired) electrons. The molecule has 32 heteroatoms. The van der Waals surface area contributed by atoms with Gasteiger partial charge in [0.2, 0.25) is 0 Å². The maximum atomic E-state index is 11.4. The van der Waals surface area contributed by atoms with Gasteiger partial charge in [-0.05, 0) is 6.92 Å². The molecule has 6 aliphatic rings. The van der Waals surface area contributed by atoms with Gasteiger partial charge in [0.15, 0.2) is 44.0 Å².